The fourth-order valence-electron chi connectivity index (χ4n) is 10.7. The van der Waals surface area contributed by atoms with Gasteiger partial charge in [-0.25, -0.2) is 4.39 Å². The van der Waals surface area contributed by atoms with Gasteiger partial charge in [-0.3, -0.25) is 34.1 Å². The normalized spacial score (nSPS) is 10.7. The molecule has 4 amide bonds. The number of anilines is 4. The van der Waals surface area contributed by atoms with E-state index in [1.54, 1.807) is 140 Å². The number of halogens is 6. The number of nitrogens with zero attached hydrogens (tertiary/aromatic N) is 3. The summed E-state index contributed by atoms with van der Waals surface area (Å²) < 4.78 is 51.5. The molecule has 0 saturated heterocycles. The van der Waals surface area contributed by atoms with Gasteiger partial charge >= 0.3 is 6.18 Å². The van der Waals surface area contributed by atoms with Crippen molar-refractivity contribution >= 4 is 126 Å². The van der Waals surface area contributed by atoms with E-state index in [0.717, 1.165) is 72.0 Å². The van der Waals surface area contributed by atoms with Crippen molar-refractivity contribution < 1.29 is 36.7 Å². The van der Waals surface area contributed by atoms with E-state index in [4.69, 9.17) is 23.2 Å². The molecule has 558 valence electrons. The lowest BCUT2D eigenvalue weighted by atomic mass is 10.1. The van der Waals surface area contributed by atoms with Crippen LogP contribution in [0.5, 0.6) is 0 Å². The third-order valence-corrected chi connectivity index (χ3v) is 23.2. The topological polar surface area (TPSA) is 155 Å². The van der Waals surface area contributed by atoms with E-state index in [0.29, 0.717) is 47.0 Å². The zero-order valence-corrected chi connectivity index (χ0v) is 65.8. The second kappa shape index (κ2) is 39.3. The van der Waals surface area contributed by atoms with Gasteiger partial charge in [-0.15, -0.1) is 56.7 Å². The number of aryl methyl sites for hydroxylation is 6. The largest absolute Gasteiger partial charge is 0.416 e. The number of carbonyl (C=O) groups is 4. The van der Waals surface area contributed by atoms with Crippen LogP contribution in [-0.2, 0) is 19.0 Å². The lowest BCUT2D eigenvalue weighted by Gasteiger charge is -2.06. The van der Waals surface area contributed by atoms with Crippen LogP contribution in [0.1, 0.15) is 83.4 Å². The second-order valence-corrected chi connectivity index (χ2v) is 31.3. The van der Waals surface area contributed by atoms with Crippen LogP contribution in [0.15, 0.2) is 298 Å². The Bertz CT molecular complexity index is 5570. The first kappa shape index (κ1) is 80.7. The smallest absolute Gasteiger partial charge is 0.321 e. The van der Waals surface area contributed by atoms with E-state index in [1.165, 1.54) is 113 Å². The fourth-order valence-corrected chi connectivity index (χ4v) is 15.7. The molecule has 0 aliphatic heterocycles. The third kappa shape index (κ3) is 23.8. The molecule has 0 radical (unpaired) electrons. The van der Waals surface area contributed by atoms with Crippen LogP contribution < -0.4 is 21.3 Å². The van der Waals surface area contributed by atoms with Gasteiger partial charge in [-0.2, -0.15) is 13.2 Å². The van der Waals surface area contributed by atoms with Gasteiger partial charge in [-0.05, 0) is 249 Å². The molecule has 11 nitrogen and oxygen atoms in total. The number of nitrogens with one attached hydrogen (secondary N) is 4. The van der Waals surface area contributed by atoms with E-state index in [-0.39, 0.29) is 29.4 Å². The van der Waals surface area contributed by atoms with Crippen molar-refractivity contribution in [3.05, 3.63) is 372 Å². The molecule has 15 rings (SSSR count). The fraction of sp³-hybridized carbons (Fsp3) is 0.0899. The molecule has 0 aliphatic rings. The molecule has 4 N–H and O–H groups in total. The first-order valence-electron chi connectivity index (χ1n) is 34.7. The quantitative estimate of drug-likeness (QED) is 0.0662. The second-order valence-electron chi connectivity index (χ2n) is 25.0. The summed E-state index contributed by atoms with van der Waals surface area (Å²) in [6.07, 6.45) is 8.80. The van der Waals surface area contributed by atoms with Crippen molar-refractivity contribution in [2.45, 2.75) is 53.1 Å². The van der Waals surface area contributed by atoms with Crippen molar-refractivity contribution in [2.24, 2.45) is 0 Å². The minimum atomic E-state index is -4.36. The van der Waals surface area contributed by atoms with Crippen LogP contribution in [0.2, 0.25) is 10.0 Å². The molecule has 0 spiro atoms. The maximum Gasteiger partial charge on any atom is 0.416 e. The highest BCUT2D eigenvalue weighted by atomic mass is 35.5. The number of thiophene rings is 5. The first-order chi connectivity index (χ1) is 53.6. The molecule has 0 fully saturated rings. The highest BCUT2D eigenvalue weighted by Gasteiger charge is 2.30. The molecule has 8 heterocycles. The summed E-state index contributed by atoms with van der Waals surface area (Å²) in [7, 11) is 0. The molecule has 0 unspecified atom stereocenters. The molecule has 8 aromatic heterocycles. The number of pyridine rings is 3. The number of hydrogen-bond donors (Lipinski definition) is 4. The Hall–Kier alpha value is -11.3. The molecule has 111 heavy (non-hydrogen) atoms. The van der Waals surface area contributed by atoms with Crippen molar-refractivity contribution in [1.29, 1.82) is 0 Å². The third-order valence-electron chi connectivity index (χ3n) is 17.0. The van der Waals surface area contributed by atoms with Gasteiger partial charge in [0.1, 0.15) is 5.82 Å². The Morgan fingerprint density at radius 2 is 0.703 bits per heavy atom. The minimum Gasteiger partial charge on any atom is -0.321 e. The zero-order valence-electron chi connectivity index (χ0n) is 60.2. The van der Waals surface area contributed by atoms with Crippen LogP contribution in [0.4, 0.5) is 40.3 Å². The minimum absolute atomic E-state index is 0.0914. The number of aromatic nitrogens is 3. The number of benzene rings is 7. The number of carbonyl (C=O) groups excluding carboxylic acids is 4. The summed E-state index contributed by atoms with van der Waals surface area (Å²) in [6, 6.07) is 79.3. The predicted octanol–water partition coefficient (Wildman–Crippen LogP) is 26.1. The van der Waals surface area contributed by atoms with Crippen LogP contribution in [0, 0.1) is 33.5 Å². The molecule has 0 bridgehead atoms. The Morgan fingerprint density at radius 1 is 0.351 bits per heavy atom. The van der Waals surface area contributed by atoms with Gasteiger partial charge in [0, 0.05) is 105 Å². The zero-order chi connectivity index (χ0) is 78.2. The van der Waals surface area contributed by atoms with Crippen LogP contribution in [0.3, 0.4) is 0 Å². The van der Waals surface area contributed by atoms with Crippen molar-refractivity contribution in [3.63, 3.8) is 0 Å². The highest BCUT2D eigenvalue weighted by Crippen LogP contribution is 2.37. The molecule has 0 aliphatic carbocycles. The van der Waals surface area contributed by atoms with Crippen molar-refractivity contribution in [1.82, 2.24) is 15.0 Å². The van der Waals surface area contributed by atoms with Crippen molar-refractivity contribution in [3.8, 4) is 52.2 Å². The molecular weight excluding hydrogens is 1540 g/mol. The molecule has 0 saturated carbocycles. The average molecular weight is 1610 g/mol. The van der Waals surface area contributed by atoms with Gasteiger partial charge in [-0.1, -0.05) is 132 Å². The number of amides is 4. The number of alkyl halides is 3. The molecular formula is C89H71Cl2F4N7O4S5. The summed E-state index contributed by atoms with van der Waals surface area (Å²) in [5, 5.41) is 12.7. The lowest BCUT2D eigenvalue weighted by Crippen LogP contribution is -2.09. The SMILES string of the molecule is Cc1ccc(-c2ccc(C(=O)Nc3ccc(Cl)cc3)s2)cc1C.Cc1ccc(-c2ccc(C(=O)Nc3ccncc3)s2)cc1C.Clc1ccc(-c2ccc(CCCc3ccccc3)s2)cc1.O=C(Nc1ccncc1)c1ccc(-c2ccc(C(F)(F)F)cc2)s1.O=C(Nc1ccncc1)c1ccc(-c2ccccc2F)s1. The monoisotopic (exact) mass is 1610 g/mol. The summed E-state index contributed by atoms with van der Waals surface area (Å²) in [6.45, 7) is 8.39. The number of hydrogen-bond acceptors (Lipinski definition) is 12. The van der Waals surface area contributed by atoms with E-state index in [1.807, 2.05) is 47.7 Å². The summed E-state index contributed by atoms with van der Waals surface area (Å²) in [4.78, 5) is 69.4. The molecule has 22 heteroatoms. The van der Waals surface area contributed by atoms with Crippen LogP contribution in [0.25, 0.3) is 52.2 Å². The highest BCUT2D eigenvalue weighted by molar-refractivity contribution is 7.18. The lowest BCUT2D eigenvalue weighted by molar-refractivity contribution is -0.137. The predicted molar refractivity (Wildman–Crippen MR) is 452 cm³/mol. The Labute approximate surface area is 671 Å². The van der Waals surface area contributed by atoms with Crippen LogP contribution in [-0.4, -0.2) is 38.6 Å². The Morgan fingerprint density at radius 3 is 1.13 bits per heavy atom. The van der Waals surface area contributed by atoms with Gasteiger partial charge < -0.3 is 21.3 Å². The summed E-state index contributed by atoms with van der Waals surface area (Å²) in [5.74, 6) is -0.975. The van der Waals surface area contributed by atoms with Gasteiger partial charge in [0.15, 0.2) is 0 Å². The molecule has 7 aromatic carbocycles. The van der Waals surface area contributed by atoms with E-state index < -0.39 is 11.7 Å². The van der Waals surface area contributed by atoms with E-state index in [9.17, 15) is 36.7 Å². The van der Waals surface area contributed by atoms with Crippen LogP contribution >= 0.6 is 79.9 Å². The van der Waals surface area contributed by atoms with E-state index >= 15 is 0 Å². The summed E-state index contributed by atoms with van der Waals surface area (Å²) in [5.41, 5.74) is 13.3. The van der Waals surface area contributed by atoms with Gasteiger partial charge in [0.2, 0.25) is 0 Å². The van der Waals surface area contributed by atoms with E-state index in [2.05, 4.69) is 155 Å². The Balaban J connectivity index is 0.000000138. The average Bonchev–Trinajstić information content (AvgIpc) is 1.75. The number of rotatable bonds is 17. The molecule has 0 atom stereocenters. The summed E-state index contributed by atoms with van der Waals surface area (Å²) >= 11 is 19.1. The molecule has 15 aromatic rings. The first-order valence-corrected chi connectivity index (χ1v) is 39.6. The Kier molecular flexibility index (Phi) is 28.6. The maximum absolute atomic E-state index is 13.7. The van der Waals surface area contributed by atoms with Gasteiger partial charge in [0.05, 0.1) is 25.1 Å². The van der Waals surface area contributed by atoms with Gasteiger partial charge in [0.25, 0.3) is 23.6 Å². The van der Waals surface area contributed by atoms with Crippen molar-refractivity contribution in [2.75, 3.05) is 21.3 Å². The standard InChI is InChI=1S/C19H16ClNOS.C19H17ClS.C18H16N2OS.C17H11F3N2OS.C16H11FN2OS/c1-12-3-4-14(11-13(12)2)17-9-10-18(23-17)19(22)21-16-7-5-15(20)6-8-16;20-17-11-9-16(10-12-17)19-14-13-18(21-19)8-4-7-15-5-2-1-3-6-15;1-12-3-4-14(11-13(12)2)16-5-6-17(22-16)18(21)20-15-7-9-19-10-8-15;18-17(19,20)12-3-1-11(2-4-12)14-5-6-15(24-14)16(23)22-13-7-9-21-10-8-13;17-13-4-2-1-3-12(13)14-5-6-15(21-14)16(20)19-11-7-9-18-10-8-11/h3-11H,1-2H3,(H,21,22);1-3,5-6,9-14H,4,7-8H2;3-11H,1-2H3,(H,19,20,21);1-10H,(H,21,22,23);1-10H,(H,18,19,20). The maximum atomic E-state index is 13.7.